The summed E-state index contributed by atoms with van der Waals surface area (Å²) in [6.07, 6.45) is 0. The zero-order valence-electron chi connectivity index (χ0n) is 15.2. The van der Waals surface area contributed by atoms with Crippen molar-refractivity contribution in [2.24, 2.45) is 0 Å². The lowest BCUT2D eigenvalue weighted by molar-refractivity contribution is -0.122. The van der Waals surface area contributed by atoms with Crippen molar-refractivity contribution < 1.29 is 23.1 Å². The van der Waals surface area contributed by atoms with Crippen molar-refractivity contribution in [2.45, 2.75) is 12.5 Å². The number of aryl methyl sites for hydroxylation is 1. The Bertz CT molecular complexity index is 1210. The standard InChI is InChI=1S/C22H14F2N2O3/c1-11-2-5-13(6-3-11)29-19-9-15-14-7-4-12(23)8-16(14)22(17(15)10-18(19)24)20(27)25-21(28)26-22/h2-10H,1H3,(H2,25,26,27,28). The number of rotatable bonds is 2. The molecule has 1 unspecified atom stereocenters. The molecule has 3 amide bonds. The lowest BCUT2D eigenvalue weighted by Crippen LogP contribution is -2.43. The molecule has 2 aliphatic rings. The van der Waals surface area contributed by atoms with Crippen molar-refractivity contribution in [1.82, 2.24) is 10.6 Å². The summed E-state index contributed by atoms with van der Waals surface area (Å²) in [5, 5.41) is 4.71. The number of nitrogens with one attached hydrogen (secondary N) is 2. The summed E-state index contributed by atoms with van der Waals surface area (Å²) in [6.45, 7) is 1.93. The molecule has 1 saturated heterocycles. The van der Waals surface area contributed by atoms with Crippen molar-refractivity contribution >= 4 is 11.9 Å². The van der Waals surface area contributed by atoms with Gasteiger partial charge >= 0.3 is 6.03 Å². The number of halogens is 2. The first-order valence-corrected chi connectivity index (χ1v) is 8.91. The second kappa shape index (κ2) is 5.88. The molecule has 3 aromatic carbocycles. The quantitative estimate of drug-likeness (QED) is 0.645. The largest absolute Gasteiger partial charge is 0.454 e. The van der Waals surface area contributed by atoms with E-state index in [0.717, 1.165) is 11.6 Å². The maximum atomic E-state index is 14.9. The van der Waals surface area contributed by atoms with Crippen LogP contribution >= 0.6 is 0 Å². The summed E-state index contributed by atoms with van der Waals surface area (Å²) in [4.78, 5) is 24.6. The summed E-state index contributed by atoms with van der Waals surface area (Å²) in [5.41, 5.74) is 0.853. The number of benzene rings is 3. The molecular formula is C22H14F2N2O3. The SMILES string of the molecule is Cc1ccc(Oc2cc3c(cc2F)C2(NC(=O)NC2=O)c2cc(F)ccc2-3)cc1. The van der Waals surface area contributed by atoms with E-state index >= 15 is 0 Å². The summed E-state index contributed by atoms with van der Waals surface area (Å²) in [5.74, 6) is -1.54. The Kier molecular flexibility index (Phi) is 3.52. The van der Waals surface area contributed by atoms with Crippen molar-refractivity contribution in [2.75, 3.05) is 0 Å². The Morgan fingerprint density at radius 3 is 2.31 bits per heavy atom. The highest BCUT2D eigenvalue weighted by atomic mass is 19.1. The molecule has 29 heavy (non-hydrogen) atoms. The Morgan fingerprint density at radius 2 is 1.62 bits per heavy atom. The van der Waals surface area contributed by atoms with Gasteiger partial charge in [0.2, 0.25) is 0 Å². The van der Waals surface area contributed by atoms with Crippen LogP contribution < -0.4 is 15.4 Å². The molecule has 5 nitrogen and oxygen atoms in total. The minimum atomic E-state index is -1.67. The molecule has 0 aromatic heterocycles. The number of amides is 3. The molecule has 1 fully saturated rings. The van der Waals surface area contributed by atoms with Gasteiger partial charge in [0, 0.05) is 11.1 Å². The van der Waals surface area contributed by atoms with Gasteiger partial charge in [-0.15, -0.1) is 0 Å². The molecule has 1 aliphatic heterocycles. The molecule has 1 atom stereocenters. The van der Waals surface area contributed by atoms with E-state index in [9.17, 15) is 18.4 Å². The summed E-state index contributed by atoms with van der Waals surface area (Å²) in [6, 6.07) is 12.9. The average Bonchev–Trinajstić information content (AvgIpc) is 3.12. The van der Waals surface area contributed by atoms with Gasteiger partial charge in [0.15, 0.2) is 17.1 Å². The van der Waals surface area contributed by atoms with Gasteiger partial charge in [0.05, 0.1) is 0 Å². The van der Waals surface area contributed by atoms with Crippen molar-refractivity contribution in [3.8, 4) is 22.6 Å². The number of imide groups is 1. The van der Waals surface area contributed by atoms with Crippen LogP contribution in [-0.2, 0) is 10.3 Å². The van der Waals surface area contributed by atoms with Crippen LogP contribution in [-0.4, -0.2) is 11.9 Å². The van der Waals surface area contributed by atoms with Crippen LogP contribution in [0.1, 0.15) is 16.7 Å². The number of carbonyl (C=O) groups is 2. The van der Waals surface area contributed by atoms with Gasteiger partial charge in [-0.1, -0.05) is 23.8 Å². The number of hydrogen-bond acceptors (Lipinski definition) is 3. The second-order valence-corrected chi connectivity index (χ2v) is 7.09. The second-order valence-electron chi connectivity index (χ2n) is 7.09. The maximum Gasteiger partial charge on any atom is 0.322 e. The van der Waals surface area contributed by atoms with Gasteiger partial charge in [-0.3, -0.25) is 10.1 Å². The molecule has 144 valence electrons. The van der Waals surface area contributed by atoms with Gasteiger partial charge in [-0.2, -0.15) is 0 Å². The van der Waals surface area contributed by atoms with E-state index < -0.39 is 29.1 Å². The van der Waals surface area contributed by atoms with E-state index in [0.29, 0.717) is 16.9 Å². The van der Waals surface area contributed by atoms with E-state index in [1.165, 1.54) is 24.3 Å². The molecular weight excluding hydrogens is 378 g/mol. The van der Waals surface area contributed by atoms with E-state index in [1.54, 1.807) is 12.1 Å². The zero-order chi connectivity index (χ0) is 20.3. The van der Waals surface area contributed by atoms with Crippen molar-refractivity contribution in [1.29, 1.82) is 0 Å². The van der Waals surface area contributed by atoms with Gasteiger partial charge in [-0.25, -0.2) is 13.6 Å². The van der Waals surface area contributed by atoms with E-state index in [2.05, 4.69) is 10.6 Å². The molecule has 1 spiro atoms. The summed E-state index contributed by atoms with van der Waals surface area (Å²) < 4.78 is 34.6. The first kappa shape index (κ1) is 17.4. The van der Waals surface area contributed by atoms with Gasteiger partial charge in [0.25, 0.3) is 5.91 Å². The van der Waals surface area contributed by atoms with Gasteiger partial charge < -0.3 is 10.1 Å². The van der Waals surface area contributed by atoms with Crippen LogP contribution in [0.3, 0.4) is 0 Å². The Balaban J connectivity index is 1.70. The zero-order valence-corrected chi connectivity index (χ0v) is 15.2. The van der Waals surface area contributed by atoms with Crippen LogP contribution in [0.5, 0.6) is 11.5 Å². The minimum absolute atomic E-state index is 0.0374. The summed E-state index contributed by atoms with van der Waals surface area (Å²) >= 11 is 0. The molecule has 0 radical (unpaired) electrons. The van der Waals surface area contributed by atoms with E-state index in [-0.39, 0.29) is 16.9 Å². The fourth-order valence-electron chi connectivity index (χ4n) is 3.94. The number of ether oxygens (including phenoxy) is 1. The third kappa shape index (κ3) is 2.44. The molecule has 7 heteroatoms. The highest BCUT2D eigenvalue weighted by Gasteiger charge is 2.55. The van der Waals surface area contributed by atoms with Crippen molar-refractivity contribution in [3.63, 3.8) is 0 Å². The monoisotopic (exact) mass is 392 g/mol. The normalized spacial score (nSPS) is 19.0. The van der Waals surface area contributed by atoms with Crippen LogP contribution in [0.4, 0.5) is 13.6 Å². The lowest BCUT2D eigenvalue weighted by atomic mass is 9.87. The maximum absolute atomic E-state index is 14.9. The Labute approximate surface area is 164 Å². The van der Waals surface area contributed by atoms with Crippen LogP contribution in [0, 0.1) is 18.6 Å². The molecule has 1 aliphatic carbocycles. The Hall–Kier alpha value is -3.74. The van der Waals surface area contributed by atoms with Gasteiger partial charge in [0.1, 0.15) is 11.6 Å². The average molecular weight is 392 g/mol. The third-order valence-electron chi connectivity index (χ3n) is 5.27. The number of fused-ring (bicyclic) bond motifs is 5. The van der Waals surface area contributed by atoms with Gasteiger partial charge in [-0.05, 0) is 54.4 Å². The Morgan fingerprint density at radius 1 is 0.897 bits per heavy atom. The molecule has 1 heterocycles. The van der Waals surface area contributed by atoms with E-state index in [1.807, 2.05) is 19.1 Å². The fourth-order valence-corrected chi connectivity index (χ4v) is 3.94. The highest BCUT2D eigenvalue weighted by molar-refractivity contribution is 6.13. The third-order valence-corrected chi connectivity index (χ3v) is 5.27. The predicted molar refractivity (Wildman–Crippen MR) is 101 cm³/mol. The predicted octanol–water partition coefficient (Wildman–Crippen LogP) is 4.13. The van der Waals surface area contributed by atoms with Crippen LogP contribution in [0.2, 0.25) is 0 Å². The van der Waals surface area contributed by atoms with E-state index in [4.69, 9.17) is 4.74 Å². The molecule has 0 bridgehead atoms. The molecule has 2 N–H and O–H groups in total. The smallest absolute Gasteiger partial charge is 0.322 e. The topological polar surface area (TPSA) is 67.4 Å². The molecule has 3 aromatic rings. The number of hydrogen-bond donors (Lipinski definition) is 2. The minimum Gasteiger partial charge on any atom is -0.454 e. The fraction of sp³-hybridized carbons (Fsp3) is 0.0909. The first-order chi connectivity index (χ1) is 13.9. The lowest BCUT2D eigenvalue weighted by Gasteiger charge is -2.23. The first-order valence-electron chi connectivity index (χ1n) is 8.91. The van der Waals surface area contributed by atoms with Crippen LogP contribution in [0.15, 0.2) is 54.6 Å². The van der Waals surface area contributed by atoms with Crippen molar-refractivity contribution in [3.05, 3.63) is 82.9 Å². The number of urea groups is 1. The van der Waals surface area contributed by atoms with Crippen LogP contribution in [0.25, 0.3) is 11.1 Å². The molecule has 0 saturated carbocycles. The summed E-state index contributed by atoms with van der Waals surface area (Å²) in [7, 11) is 0. The number of carbonyl (C=O) groups excluding carboxylic acids is 2. The highest BCUT2D eigenvalue weighted by Crippen LogP contribution is 2.51. The molecule has 5 rings (SSSR count).